The van der Waals surface area contributed by atoms with Crippen molar-refractivity contribution in [2.24, 2.45) is 5.10 Å². The minimum Gasteiger partial charge on any atom is -0.495 e. The number of anilines is 1. The fraction of sp³-hybridized carbons (Fsp3) is 0.158. The molecule has 0 radical (unpaired) electrons. The number of rotatable bonds is 7. The number of hydrogen-bond acceptors (Lipinski definition) is 4. The molecule has 0 aromatic heterocycles. The summed E-state index contributed by atoms with van der Waals surface area (Å²) >= 11 is 0. The lowest BCUT2D eigenvalue weighted by Gasteiger charge is -2.09. The molecule has 0 saturated carbocycles. The van der Waals surface area contributed by atoms with Gasteiger partial charge in [0.15, 0.2) is 0 Å². The first-order valence-electron chi connectivity index (χ1n) is 7.62. The minimum absolute atomic E-state index is 0.111. The molecule has 2 N–H and O–H groups in total. The summed E-state index contributed by atoms with van der Waals surface area (Å²) < 4.78 is 5.22. The largest absolute Gasteiger partial charge is 0.495 e. The summed E-state index contributed by atoms with van der Waals surface area (Å²) in [5.74, 6) is 0.462. The molecule has 0 aliphatic heterocycles. The maximum absolute atomic E-state index is 11.8. The van der Waals surface area contributed by atoms with Gasteiger partial charge in [0.2, 0.25) is 0 Å². The molecule has 0 saturated heterocycles. The molecule has 2 aromatic rings. The Bertz CT molecular complexity index is 724. The highest BCUT2D eigenvalue weighted by molar-refractivity contribution is 5.97. The summed E-state index contributed by atoms with van der Waals surface area (Å²) in [7, 11) is 1.59. The van der Waals surface area contributed by atoms with E-state index in [2.05, 4.69) is 15.8 Å². The van der Waals surface area contributed by atoms with Crippen LogP contribution in [0.3, 0.4) is 0 Å². The molecule has 0 spiro atoms. The monoisotopic (exact) mass is 323 g/mol. The smallest absolute Gasteiger partial charge is 0.259 e. The fourth-order valence-electron chi connectivity index (χ4n) is 1.97. The van der Waals surface area contributed by atoms with Crippen LogP contribution in [0.1, 0.15) is 12.5 Å². The van der Waals surface area contributed by atoms with E-state index in [0.29, 0.717) is 11.5 Å². The first-order chi connectivity index (χ1) is 11.7. The predicted molar refractivity (Wildman–Crippen MR) is 98.2 cm³/mol. The zero-order valence-corrected chi connectivity index (χ0v) is 13.8. The number of benzene rings is 2. The van der Waals surface area contributed by atoms with Crippen molar-refractivity contribution in [1.29, 1.82) is 0 Å². The average molecular weight is 323 g/mol. The Balaban J connectivity index is 1.82. The molecular formula is C19H21N3O2. The second-order valence-electron chi connectivity index (χ2n) is 5.09. The molecule has 0 atom stereocenters. The molecule has 24 heavy (non-hydrogen) atoms. The Hall–Kier alpha value is -3.08. The molecule has 0 unspecified atom stereocenters. The highest BCUT2D eigenvalue weighted by atomic mass is 16.5. The van der Waals surface area contributed by atoms with E-state index in [1.807, 2.05) is 73.7 Å². The highest BCUT2D eigenvalue weighted by Gasteiger charge is 2.03. The van der Waals surface area contributed by atoms with Crippen LogP contribution in [0.4, 0.5) is 5.69 Å². The number of para-hydroxylation sites is 2. The van der Waals surface area contributed by atoms with Gasteiger partial charge in [-0.25, -0.2) is 5.43 Å². The Morgan fingerprint density at radius 1 is 1.12 bits per heavy atom. The van der Waals surface area contributed by atoms with Gasteiger partial charge in [-0.2, -0.15) is 5.10 Å². The van der Waals surface area contributed by atoms with Crippen LogP contribution in [0, 0.1) is 0 Å². The van der Waals surface area contributed by atoms with Crippen LogP contribution < -0.4 is 15.5 Å². The van der Waals surface area contributed by atoms with E-state index < -0.39 is 0 Å². The van der Waals surface area contributed by atoms with E-state index in [4.69, 9.17) is 4.74 Å². The quantitative estimate of drug-likeness (QED) is 0.607. The van der Waals surface area contributed by atoms with Gasteiger partial charge in [0.05, 0.1) is 25.1 Å². The summed E-state index contributed by atoms with van der Waals surface area (Å²) in [6, 6.07) is 17.3. The number of methoxy groups -OCH3 is 1. The fourth-order valence-corrected chi connectivity index (χ4v) is 1.97. The third-order valence-electron chi connectivity index (χ3n) is 3.22. The highest BCUT2D eigenvalue weighted by Crippen LogP contribution is 2.22. The molecule has 5 heteroatoms. The number of ether oxygens (including phenoxy) is 1. The SMILES string of the molecule is COc1ccccc1NCC(=O)NN=C(C)/C=C\c1ccccc1. The molecule has 5 nitrogen and oxygen atoms in total. The molecule has 0 aliphatic rings. The number of allylic oxidation sites excluding steroid dienone is 1. The maximum atomic E-state index is 11.8. The number of amides is 1. The number of hydrogen-bond donors (Lipinski definition) is 2. The lowest BCUT2D eigenvalue weighted by Crippen LogP contribution is -2.26. The van der Waals surface area contributed by atoms with Crippen LogP contribution in [0.5, 0.6) is 5.75 Å². The second-order valence-corrected chi connectivity index (χ2v) is 5.09. The van der Waals surface area contributed by atoms with Gasteiger partial charge in [-0.15, -0.1) is 0 Å². The van der Waals surface area contributed by atoms with Gasteiger partial charge in [0.25, 0.3) is 5.91 Å². The van der Waals surface area contributed by atoms with Gasteiger partial charge in [-0.05, 0) is 30.7 Å². The van der Waals surface area contributed by atoms with Gasteiger partial charge in [0, 0.05) is 0 Å². The lowest BCUT2D eigenvalue weighted by molar-refractivity contribution is -0.119. The molecule has 2 aromatic carbocycles. The van der Waals surface area contributed by atoms with Crippen molar-refractivity contribution in [3.8, 4) is 5.75 Å². The van der Waals surface area contributed by atoms with Crippen LogP contribution in [-0.4, -0.2) is 25.3 Å². The van der Waals surface area contributed by atoms with Crippen molar-refractivity contribution in [3.05, 3.63) is 66.2 Å². The van der Waals surface area contributed by atoms with Gasteiger partial charge in [0.1, 0.15) is 5.75 Å². The third-order valence-corrected chi connectivity index (χ3v) is 3.22. The first-order valence-corrected chi connectivity index (χ1v) is 7.62. The second kappa shape index (κ2) is 9.15. The topological polar surface area (TPSA) is 62.7 Å². The number of nitrogens with zero attached hydrogens (tertiary/aromatic N) is 1. The molecule has 0 fully saturated rings. The Morgan fingerprint density at radius 2 is 1.83 bits per heavy atom. The average Bonchev–Trinajstić information content (AvgIpc) is 2.64. The molecule has 0 bridgehead atoms. The Kier molecular flexibility index (Phi) is 6.58. The van der Waals surface area contributed by atoms with Crippen molar-refractivity contribution in [3.63, 3.8) is 0 Å². The van der Waals surface area contributed by atoms with Crippen molar-refractivity contribution in [2.75, 3.05) is 19.0 Å². The molecule has 0 heterocycles. The lowest BCUT2D eigenvalue weighted by atomic mass is 10.2. The van der Waals surface area contributed by atoms with Crippen molar-refractivity contribution < 1.29 is 9.53 Å². The summed E-state index contributed by atoms with van der Waals surface area (Å²) in [4.78, 5) is 11.8. The van der Waals surface area contributed by atoms with E-state index in [9.17, 15) is 4.79 Å². The van der Waals surface area contributed by atoms with Crippen LogP contribution in [0.25, 0.3) is 6.08 Å². The van der Waals surface area contributed by atoms with Crippen LogP contribution in [0.15, 0.2) is 65.8 Å². The van der Waals surface area contributed by atoms with E-state index in [0.717, 1.165) is 11.3 Å². The Morgan fingerprint density at radius 3 is 2.58 bits per heavy atom. The van der Waals surface area contributed by atoms with Gasteiger partial charge < -0.3 is 10.1 Å². The van der Waals surface area contributed by atoms with Gasteiger partial charge in [-0.3, -0.25) is 4.79 Å². The summed E-state index contributed by atoms with van der Waals surface area (Å²) in [6.45, 7) is 1.94. The summed E-state index contributed by atoms with van der Waals surface area (Å²) in [5, 5.41) is 7.07. The minimum atomic E-state index is -0.228. The normalized spacial score (nSPS) is 11.3. The van der Waals surface area contributed by atoms with Gasteiger partial charge >= 0.3 is 0 Å². The summed E-state index contributed by atoms with van der Waals surface area (Å²) in [5.41, 5.74) is 5.08. The van der Waals surface area contributed by atoms with Crippen LogP contribution in [0.2, 0.25) is 0 Å². The third kappa shape index (κ3) is 5.61. The standard InChI is InChI=1S/C19H21N3O2/c1-15(12-13-16-8-4-3-5-9-16)21-22-19(23)14-20-17-10-6-7-11-18(17)24-2/h3-13,20H,14H2,1-2H3,(H,22,23)/b13-12-,21-15?. The van der Waals surface area contributed by atoms with Crippen LogP contribution in [-0.2, 0) is 4.79 Å². The first kappa shape index (κ1) is 17.3. The molecule has 124 valence electrons. The summed E-state index contributed by atoms with van der Waals surface area (Å²) in [6.07, 6.45) is 3.79. The number of carbonyl (C=O) groups excluding carboxylic acids is 1. The number of carbonyl (C=O) groups is 1. The molecule has 0 aliphatic carbocycles. The van der Waals surface area contributed by atoms with Gasteiger partial charge in [-0.1, -0.05) is 48.5 Å². The van der Waals surface area contributed by atoms with E-state index in [-0.39, 0.29) is 12.5 Å². The van der Waals surface area contributed by atoms with E-state index in [1.54, 1.807) is 7.11 Å². The zero-order chi connectivity index (χ0) is 17.2. The van der Waals surface area contributed by atoms with Crippen molar-refractivity contribution in [2.45, 2.75) is 6.92 Å². The van der Waals surface area contributed by atoms with E-state index >= 15 is 0 Å². The number of nitrogens with one attached hydrogen (secondary N) is 2. The van der Waals surface area contributed by atoms with Crippen LogP contribution >= 0.6 is 0 Å². The number of hydrazone groups is 1. The molecular weight excluding hydrogens is 302 g/mol. The predicted octanol–water partition coefficient (Wildman–Crippen LogP) is 3.31. The molecule has 1 amide bonds. The van der Waals surface area contributed by atoms with E-state index in [1.165, 1.54) is 0 Å². The van der Waals surface area contributed by atoms with Crippen molar-refractivity contribution in [1.82, 2.24) is 5.43 Å². The zero-order valence-electron chi connectivity index (χ0n) is 13.8. The van der Waals surface area contributed by atoms with Crippen molar-refractivity contribution >= 4 is 23.4 Å². The Labute approximate surface area is 142 Å². The maximum Gasteiger partial charge on any atom is 0.259 e. The molecule has 2 rings (SSSR count).